The van der Waals surface area contributed by atoms with Crippen molar-refractivity contribution in [2.45, 2.75) is 58.4 Å². The van der Waals surface area contributed by atoms with Crippen molar-refractivity contribution < 1.29 is 0 Å². The smallest absolute Gasteiger partial charge is 0.0629 e. The third kappa shape index (κ3) is 2.71. The first kappa shape index (κ1) is 12.6. The van der Waals surface area contributed by atoms with Crippen LogP contribution in [0.4, 0.5) is 0 Å². The van der Waals surface area contributed by atoms with E-state index in [1.807, 2.05) is 7.05 Å². The Morgan fingerprint density at radius 2 is 1.94 bits per heavy atom. The Bertz CT molecular complexity index is 362. The van der Waals surface area contributed by atoms with Crippen LogP contribution in [-0.4, -0.2) is 23.4 Å². The predicted molar refractivity (Wildman–Crippen MR) is 71.5 cm³/mol. The van der Waals surface area contributed by atoms with E-state index in [9.17, 15) is 0 Å². The van der Waals surface area contributed by atoms with E-state index in [2.05, 4.69) is 23.8 Å². The van der Waals surface area contributed by atoms with Crippen molar-refractivity contribution in [3.63, 3.8) is 0 Å². The molecular weight excluding hydrogens is 210 g/mol. The molecule has 1 aromatic heterocycles. The van der Waals surface area contributed by atoms with Gasteiger partial charge in [-0.2, -0.15) is 5.10 Å². The summed E-state index contributed by atoms with van der Waals surface area (Å²) < 4.78 is 2.31. The van der Waals surface area contributed by atoms with E-state index >= 15 is 0 Å². The molecular formula is C14H25N3. The van der Waals surface area contributed by atoms with Crippen LogP contribution in [0.1, 0.15) is 55.1 Å². The van der Waals surface area contributed by atoms with Crippen LogP contribution in [0.5, 0.6) is 0 Å². The molecule has 0 radical (unpaired) electrons. The van der Waals surface area contributed by atoms with Crippen LogP contribution in [0, 0.1) is 13.8 Å². The summed E-state index contributed by atoms with van der Waals surface area (Å²) in [7, 11) is 2.01. The third-order valence-electron chi connectivity index (χ3n) is 4.02. The van der Waals surface area contributed by atoms with E-state index in [1.165, 1.54) is 49.1 Å². The molecule has 3 heteroatoms. The van der Waals surface area contributed by atoms with Crippen LogP contribution in [0.15, 0.2) is 0 Å². The standard InChI is InChI=1S/C14H25N3/c1-11-14(9-10-15-3)12(2)17(16-11)13-7-5-4-6-8-13/h13,15H,4-10H2,1-3H3. The first-order chi connectivity index (χ1) is 8.24. The Kier molecular flexibility index (Phi) is 4.21. The zero-order valence-electron chi connectivity index (χ0n) is 11.4. The van der Waals surface area contributed by atoms with Crippen molar-refractivity contribution in [1.82, 2.24) is 15.1 Å². The molecule has 1 aliphatic carbocycles. The molecule has 0 atom stereocenters. The number of aromatic nitrogens is 2. The first-order valence-corrected chi connectivity index (χ1v) is 6.93. The predicted octanol–water partition coefficient (Wildman–Crippen LogP) is 2.77. The Morgan fingerprint density at radius 1 is 1.24 bits per heavy atom. The molecule has 2 rings (SSSR count). The van der Waals surface area contributed by atoms with Gasteiger partial charge in [0.15, 0.2) is 0 Å². The number of hydrogen-bond acceptors (Lipinski definition) is 2. The highest BCUT2D eigenvalue weighted by Gasteiger charge is 2.20. The van der Waals surface area contributed by atoms with Crippen LogP contribution < -0.4 is 5.32 Å². The SMILES string of the molecule is CNCCc1c(C)nn(C2CCCCC2)c1C. The summed E-state index contributed by atoms with van der Waals surface area (Å²) in [5, 5.41) is 8.00. The van der Waals surface area contributed by atoms with Gasteiger partial charge in [0.1, 0.15) is 0 Å². The van der Waals surface area contributed by atoms with Gasteiger partial charge < -0.3 is 5.32 Å². The maximum absolute atomic E-state index is 4.78. The second kappa shape index (κ2) is 5.67. The summed E-state index contributed by atoms with van der Waals surface area (Å²) in [5.74, 6) is 0. The molecule has 0 aromatic carbocycles. The fourth-order valence-electron chi connectivity index (χ4n) is 2.99. The Hall–Kier alpha value is -0.830. The summed E-state index contributed by atoms with van der Waals surface area (Å²) >= 11 is 0. The molecule has 0 amide bonds. The number of hydrogen-bond donors (Lipinski definition) is 1. The minimum absolute atomic E-state index is 0.658. The fourth-order valence-corrected chi connectivity index (χ4v) is 2.99. The van der Waals surface area contributed by atoms with Crippen molar-refractivity contribution in [3.8, 4) is 0 Å². The highest BCUT2D eigenvalue weighted by atomic mass is 15.3. The lowest BCUT2D eigenvalue weighted by molar-refractivity contribution is 0.324. The largest absolute Gasteiger partial charge is 0.319 e. The van der Waals surface area contributed by atoms with E-state index < -0.39 is 0 Å². The fraction of sp³-hybridized carbons (Fsp3) is 0.786. The normalized spacial score (nSPS) is 17.6. The topological polar surface area (TPSA) is 29.9 Å². The zero-order chi connectivity index (χ0) is 12.3. The van der Waals surface area contributed by atoms with Gasteiger partial charge in [0.05, 0.1) is 11.7 Å². The molecule has 0 spiro atoms. The molecule has 96 valence electrons. The molecule has 1 aliphatic rings. The highest BCUT2D eigenvalue weighted by molar-refractivity contribution is 5.25. The quantitative estimate of drug-likeness (QED) is 0.869. The maximum atomic E-state index is 4.78. The van der Waals surface area contributed by atoms with Gasteiger partial charge in [0.2, 0.25) is 0 Å². The van der Waals surface area contributed by atoms with Crippen LogP contribution in [0.3, 0.4) is 0 Å². The lowest BCUT2D eigenvalue weighted by Gasteiger charge is -2.23. The van der Waals surface area contributed by atoms with E-state index in [1.54, 1.807) is 0 Å². The van der Waals surface area contributed by atoms with E-state index in [4.69, 9.17) is 5.10 Å². The second-order valence-corrected chi connectivity index (χ2v) is 5.24. The average Bonchev–Trinajstić information content (AvgIpc) is 2.64. The van der Waals surface area contributed by atoms with E-state index in [0.717, 1.165) is 13.0 Å². The van der Waals surface area contributed by atoms with Gasteiger partial charge in [-0.1, -0.05) is 19.3 Å². The van der Waals surface area contributed by atoms with Gasteiger partial charge >= 0.3 is 0 Å². The van der Waals surface area contributed by atoms with Crippen molar-refractivity contribution in [1.29, 1.82) is 0 Å². The Labute approximate surface area is 105 Å². The number of rotatable bonds is 4. The van der Waals surface area contributed by atoms with Crippen molar-refractivity contribution in [2.75, 3.05) is 13.6 Å². The number of aryl methyl sites for hydroxylation is 1. The molecule has 1 N–H and O–H groups in total. The molecule has 1 fully saturated rings. The maximum Gasteiger partial charge on any atom is 0.0629 e. The lowest BCUT2D eigenvalue weighted by atomic mass is 9.95. The van der Waals surface area contributed by atoms with Gasteiger partial charge in [-0.15, -0.1) is 0 Å². The number of nitrogens with zero attached hydrogens (tertiary/aromatic N) is 2. The first-order valence-electron chi connectivity index (χ1n) is 6.93. The lowest BCUT2D eigenvalue weighted by Crippen LogP contribution is -2.16. The molecule has 0 bridgehead atoms. The van der Waals surface area contributed by atoms with Crippen molar-refractivity contribution in [3.05, 3.63) is 17.0 Å². The van der Waals surface area contributed by atoms with Gasteiger partial charge in [0.25, 0.3) is 0 Å². The van der Waals surface area contributed by atoms with Gasteiger partial charge in [-0.3, -0.25) is 4.68 Å². The third-order valence-corrected chi connectivity index (χ3v) is 4.02. The summed E-state index contributed by atoms with van der Waals surface area (Å²) in [6.07, 6.45) is 7.87. The average molecular weight is 235 g/mol. The molecule has 0 saturated heterocycles. The monoisotopic (exact) mass is 235 g/mol. The highest BCUT2D eigenvalue weighted by Crippen LogP contribution is 2.30. The molecule has 3 nitrogen and oxygen atoms in total. The molecule has 0 unspecified atom stereocenters. The van der Waals surface area contributed by atoms with Crippen molar-refractivity contribution in [2.24, 2.45) is 0 Å². The minimum atomic E-state index is 0.658. The minimum Gasteiger partial charge on any atom is -0.319 e. The summed E-state index contributed by atoms with van der Waals surface area (Å²) in [4.78, 5) is 0. The summed E-state index contributed by atoms with van der Waals surface area (Å²) in [6.45, 7) is 5.43. The summed E-state index contributed by atoms with van der Waals surface area (Å²) in [6, 6.07) is 0.658. The van der Waals surface area contributed by atoms with E-state index in [0.29, 0.717) is 6.04 Å². The number of likely N-dealkylation sites (N-methyl/N-ethyl adjacent to an activating group) is 1. The van der Waals surface area contributed by atoms with Crippen molar-refractivity contribution >= 4 is 0 Å². The van der Waals surface area contributed by atoms with E-state index in [-0.39, 0.29) is 0 Å². The van der Waals surface area contributed by atoms with Gasteiger partial charge in [-0.05, 0) is 52.3 Å². The van der Waals surface area contributed by atoms with Crippen LogP contribution in [-0.2, 0) is 6.42 Å². The molecule has 0 aliphatic heterocycles. The molecule has 1 heterocycles. The second-order valence-electron chi connectivity index (χ2n) is 5.24. The summed E-state index contributed by atoms with van der Waals surface area (Å²) in [5.41, 5.74) is 4.07. The zero-order valence-corrected chi connectivity index (χ0v) is 11.4. The van der Waals surface area contributed by atoms with Crippen LogP contribution in [0.25, 0.3) is 0 Å². The Morgan fingerprint density at radius 3 is 2.59 bits per heavy atom. The molecule has 1 aromatic rings. The molecule has 17 heavy (non-hydrogen) atoms. The van der Waals surface area contributed by atoms with Crippen LogP contribution in [0.2, 0.25) is 0 Å². The molecule has 1 saturated carbocycles. The Balaban J connectivity index is 2.17. The number of nitrogens with one attached hydrogen (secondary N) is 1. The van der Waals surface area contributed by atoms with Gasteiger partial charge in [0, 0.05) is 5.69 Å². The van der Waals surface area contributed by atoms with Crippen LogP contribution >= 0.6 is 0 Å². The van der Waals surface area contributed by atoms with Gasteiger partial charge in [-0.25, -0.2) is 0 Å².